The summed E-state index contributed by atoms with van der Waals surface area (Å²) in [5, 5.41) is 0. The third-order valence-corrected chi connectivity index (χ3v) is 4.35. The number of hydrogen-bond acceptors (Lipinski definition) is 3. The van der Waals surface area contributed by atoms with Gasteiger partial charge in [0.1, 0.15) is 0 Å². The third-order valence-electron chi connectivity index (χ3n) is 4.35. The topological polar surface area (TPSA) is 21.7 Å². The van der Waals surface area contributed by atoms with Crippen LogP contribution in [0.4, 0.5) is 0 Å². The summed E-state index contributed by atoms with van der Waals surface area (Å²) in [5.41, 5.74) is 2.40. The lowest BCUT2D eigenvalue weighted by Gasteiger charge is -2.35. The summed E-state index contributed by atoms with van der Waals surface area (Å²) in [5.74, 6) is 0. The fourth-order valence-corrected chi connectivity index (χ4v) is 2.90. The van der Waals surface area contributed by atoms with Crippen molar-refractivity contribution in [3.05, 3.63) is 83.9 Å². The molecule has 0 radical (unpaired) electrons. The summed E-state index contributed by atoms with van der Waals surface area (Å²) in [6.07, 6.45) is 4.39. The first kappa shape index (κ1) is 16.9. The average Bonchev–Trinajstić information content (AvgIpc) is 2.63. The lowest BCUT2D eigenvalue weighted by molar-refractivity contribution is -0.0322. The number of ether oxygens (including phenoxy) is 2. The van der Waals surface area contributed by atoms with Crippen LogP contribution in [-0.2, 0) is 22.7 Å². The van der Waals surface area contributed by atoms with Crippen LogP contribution >= 0.6 is 0 Å². The lowest BCUT2D eigenvalue weighted by Crippen LogP contribution is -2.47. The summed E-state index contributed by atoms with van der Waals surface area (Å²) in [7, 11) is 2.12. The van der Waals surface area contributed by atoms with E-state index in [-0.39, 0.29) is 12.1 Å². The normalized spacial score (nSPS) is 21.0. The highest BCUT2D eigenvalue weighted by molar-refractivity contribution is 5.14. The number of hydrogen-bond donors (Lipinski definition) is 0. The van der Waals surface area contributed by atoms with Crippen LogP contribution in [0.5, 0.6) is 0 Å². The highest BCUT2D eigenvalue weighted by atomic mass is 16.5. The van der Waals surface area contributed by atoms with Crippen LogP contribution in [0.25, 0.3) is 0 Å². The van der Waals surface area contributed by atoms with Gasteiger partial charge in [-0.1, -0.05) is 72.8 Å². The number of benzene rings is 2. The van der Waals surface area contributed by atoms with E-state index < -0.39 is 0 Å². The zero-order chi connectivity index (χ0) is 16.6. The molecule has 0 saturated heterocycles. The van der Waals surface area contributed by atoms with Crippen molar-refractivity contribution in [1.82, 2.24) is 4.90 Å². The second-order valence-electron chi connectivity index (χ2n) is 6.20. The van der Waals surface area contributed by atoms with E-state index in [1.807, 2.05) is 36.4 Å². The van der Waals surface area contributed by atoms with E-state index in [0.29, 0.717) is 19.8 Å². The molecule has 3 heteroatoms. The van der Waals surface area contributed by atoms with Crippen LogP contribution in [0.15, 0.2) is 72.8 Å². The van der Waals surface area contributed by atoms with Gasteiger partial charge in [0, 0.05) is 6.54 Å². The van der Waals surface area contributed by atoms with Crippen molar-refractivity contribution >= 4 is 0 Å². The molecule has 0 aromatic heterocycles. The van der Waals surface area contributed by atoms with Gasteiger partial charge in [-0.25, -0.2) is 0 Å². The van der Waals surface area contributed by atoms with Crippen molar-refractivity contribution in [3.63, 3.8) is 0 Å². The van der Waals surface area contributed by atoms with Gasteiger partial charge in [0.25, 0.3) is 0 Å². The minimum absolute atomic E-state index is 0.0553. The van der Waals surface area contributed by atoms with Crippen LogP contribution in [0.3, 0.4) is 0 Å². The first-order valence-electron chi connectivity index (χ1n) is 8.47. The second kappa shape index (κ2) is 8.78. The number of rotatable bonds is 7. The molecule has 0 fully saturated rings. The molecular weight excluding hydrogens is 298 g/mol. The molecule has 3 nitrogen and oxygen atoms in total. The van der Waals surface area contributed by atoms with Gasteiger partial charge in [-0.15, -0.1) is 0 Å². The van der Waals surface area contributed by atoms with Crippen LogP contribution < -0.4 is 0 Å². The summed E-state index contributed by atoms with van der Waals surface area (Å²) in [6.45, 7) is 2.86. The van der Waals surface area contributed by atoms with E-state index in [1.165, 1.54) is 11.1 Å². The highest BCUT2D eigenvalue weighted by Gasteiger charge is 2.26. The molecule has 0 amide bonds. The maximum atomic E-state index is 6.15. The average molecular weight is 323 g/mol. The zero-order valence-corrected chi connectivity index (χ0v) is 14.2. The van der Waals surface area contributed by atoms with Gasteiger partial charge < -0.3 is 9.47 Å². The Kier molecular flexibility index (Phi) is 6.19. The quantitative estimate of drug-likeness (QED) is 0.726. The molecule has 3 rings (SSSR count). The first-order valence-corrected chi connectivity index (χ1v) is 8.47. The van der Waals surface area contributed by atoms with E-state index in [2.05, 4.69) is 48.4 Å². The molecule has 0 saturated carbocycles. The minimum Gasteiger partial charge on any atom is -0.375 e. The van der Waals surface area contributed by atoms with Crippen molar-refractivity contribution in [3.8, 4) is 0 Å². The molecule has 2 atom stereocenters. The van der Waals surface area contributed by atoms with Gasteiger partial charge in [0.05, 0.1) is 32.0 Å². The lowest BCUT2D eigenvalue weighted by atomic mass is 10.1. The van der Waals surface area contributed by atoms with E-state index >= 15 is 0 Å². The van der Waals surface area contributed by atoms with Gasteiger partial charge in [-0.3, -0.25) is 4.90 Å². The molecule has 0 N–H and O–H groups in total. The zero-order valence-electron chi connectivity index (χ0n) is 14.2. The van der Waals surface area contributed by atoms with Crippen LogP contribution in [0.2, 0.25) is 0 Å². The van der Waals surface area contributed by atoms with Crippen molar-refractivity contribution < 1.29 is 9.47 Å². The standard InChI is InChI=1S/C21H25NO2/c1-22-14-8-13-21(24-16-19-11-6-3-7-12-19)20(22)17-23-15-18-9-4-2-5-10-18/h2-13,20-21H,14-17H2,1H3. The molecule has 0 bridgehead atoms. The van der Waals surface area contributed by atoms with Gasteiger partial charge >= 0.3 is 0 Å². The van der Waals surface area contributed by atoms with Crippen LogP contribution in [-0.4, -0.2) is 37.2 Å². The summed E-state index contributed by atoms with van der Waals surface area (Å²) in [6, 6.07) is 20.8. The van der Waals surface area contributed by atoms with Gasteiger partial charge in [-0.2, -0.15) is 0 Å². The van der Waals surface area contributed by atoms with Gasteiger partial charge in [0.2, 0.25) is 0 Å². The molecule has 1 aliphatic heterocycles. The molecule has 2 aromatic rings. The van der Waals surface area contributed by atoms with Crippen molar-refractivity contribution in [1.29, 1.82) is 0 Å². The Balaban J connectivity index is 1.53. The van der Waals surface area contributed by atoms with Crippen molar-refractivity contribution in [2.75, 3.05) is 20.2 Å². The molecule has 2 aromatic carbocycles. The fourth-order valence-electron chi connectivity index (χ4n) is 2.90. The largest absolute Gasteiger partial charge is 0.375 e. The maximum Gasteiger partial charge on any atom is 0.0938 e. The smallest absolute Gasteiger partial charge is 0.0938 e. The summed E-state index contributed by atoms with van der Waals surface area (Å²) in [4.78, 5) is 2.29. The second-order valence-corrected chi connectivity index (χ2v) is 6.20. The molecule has 0 spiro atoms. The first-order chi connectivity index (χ1) is 11.8. The Bertz CT molecular complexity index is 627. The highest BCUT2D eigenvalue weighted by Crippen LogP contribution is 2.17. The third kappa shape index (κ3) is 4.78. The molecule has 1 aliphatic rings. The van der Waals surface area contributed by atoms with Crippen molar-refractivity contribution in [2.45, 2.75) is 25.4 Å². The van der Waals surface area contributed by atoms with E-state index in [1.54, 1.807) is 0 Å². The van der Waals surface area contributed by atoms with Crippen LogP contribution in [0.1, 0.15) is 11.1 Å². The van der Waals surface area contributed by atoms with E-state index in [4.69, 9.17) is 9.47 Å². The van der Waals surface area contributed by atoms with E-state index in [0.717, 1.165) is 6.54 Å². The fraction of sp³-hybridized carbons (Fsp3) is 0.333. The summed E-state index contributed by atoms with van der Waals surface area (Å²) >= 11 is 0. The Labute approximate surface area is 144 Å². The Morgan fingerprint density at radius 1 is 0.917 bits per heavy atom. The van der Waals surface area contributed by atoms with Crippen molar-refractivity contribution in [2.24, 2.45) is 0 Å². The summed E-state index contributed by atoms with van der Waals surface area (Å²) < 4.78 is 12.1. The molecule has 1 heterocycles. The molecule has 126 valence electrons. The Morgan fingerprint density at radius 2 is 1.54 bits per heavy atom. The monoisotopic (exact) mass is 323 g/mol. The number of nitrogens with zero attached hydrogens (tertiary/aromatic N) is 1. The maximum absolute atomic E-state index is 6.15. The Morgan fingerprint density at radius 3 is 2.21 bits per heavy atom. The van der Waals surface area contributed by atoms with Gasteiger partial charge in [-0.05, 0) is 18.2 Å². The van der Waals surface area contributed by atoms with Crippen LogP contribution in [0, 0.1) is 0 Å². The molecular formula is C21H25NO2. The molecule has 2 unspecified atom stereocenters. The number of likely N-dealkylation sites (N-methyl/N-ethyl adjacent to an activating group) is 1. The SMILES string of the molecule is CN1CC=CC(OCc2ccccc2)C1COCc1ccccc1. The predicted molar refractivity (Wildman–Crippen MR) is 96.7 cm³/mol. The minimum atomic E-state index is 0.0553. The Hall–Kier alpha value is -1.94. The van der Waals surface area contributed by atoms with E-state index in [9.17, 15) is 0 Å². The predicted octanol–water partition coefficient (Wildman–Crippen LogP) is 3.66. The van der Waals surface area contributed by atoms with Gasteiger partial charge in [0.15, 0.2) is 0 Å². The molecule has 24 heavy (non-hydrogen) atoms. The molecule has 0 aliphatic carbocycles.